The average Bonchev–Trinajstić information content (AvgIpc) is 3.66. The number of H-pyrrole nitrogens is 1. The summed E-state index contributed by atoms with van der Waals surface area (Å²) in [6, 6.07) is 14.7. The van der Waals surface area contributed by atoms with Crippen LogP contribution in [-0.4, -0.2) is 100 Å². The molecule has 2 amide bonds. The number of aromatic nitrogens is 1. The Kier molecular flexibility index (Phi) is 19.3. The Morgan fingerprint density at radius 3 is 1.94 bits per heavy atom. The van der Waals surface area contributed by atoms with Crippen molar-refractivity contribution in [2.24, 2.45) is 17.8 Å². The predicted molar refractivity (Wildman–Crippen MR) is 238 cm³/mol. The third-order valence-electron chi connectivity index (χ3n) is 11.1. The quantitative estimate of drug-likeness (QED) is 0.0407. The number of ketones is 4. The van der Waals surface area contributed by atoms with Gasteiger partial charge in [-0.1, -0.05) is 48.0 Å². The molecule has 0 saturated heterocycles. The molecule has 4 aromatic rings. The SMILES string of the molecule is CC(=O)[C@H](CCC(=O)O)CC(=O)[C@H](Cc1c[nH]c2ccccc12)NC(=O)[C@@H](CC(=O)CNC(=O)[C@H](CCC(=O)O)CC(=O)[C@H](CC(=O)O)NS(=O)(=O)c1ccc(C)cc1)Cc1cccc(F)c1. The maximum absolute atomic E-state index is 14.4. The molecule has 4 rings (SSSR count). The van der Waals surface area contributed by atoms with E-state index in [2.05, 4.69) is 20.3 Å². The van der Waals surface area contributed by atoms with Gasteiger partial charge in [0.15, 0.2) is 17.3 Å². The Balaban J connectivity index is 1.55. The summed E-state index contributed by atoms with van der Waals surface area (Å²) < 4.78 is 42.6. The number of amides is 2. The van der Waals surface area contributed by atoms with Crippen molar-refractivity contribution in [1.82, 2.24) is 20.3 Å². The van der Waals surface area contributed by atoms with Crippen LogP contribution in [0.15, 0.2) is 83.9 Å². The molecule has 67 heavy (non-hydrogen) atoms. The molecule has 5 atom stereocenters. The number of aryl methyl sites for hydroxylation is 1. The number of hydrogen-bond acceptors (Lipinski definition) is 11. The van der Waals surface area contributed by atoms with Gasteiger partial charge in [-0.3, -0.25) is 43.2 Å². The number of nitrogens with one attached hydrogen (secondary N) is 4. The molecule has 7 N–H and O–H groups in total. The second-order valence-electron chi connectivity index (χ2n) is 16.4. The van der Waals surface area contributed by atoms with Gasteiger partial charge in [-0.2, -0.15) is 0 Å². The highest BCUT2D eigenvalue weighted by Crippen LogP contribution is 2.24. The first-order valence-electron chi connectivity index (χ1n) is 21.3. The van der Waals surface area contributed by atoms with Gasteiger partial charge < -0.3 is 30.9 Å². The molecule has 0 aliphatic heterocycles. The zero-order valence-electron chi connectivity index (χ0n) is 36.8. The number of carboxylic acids is 3. The Bertz CT molecular complexity index is 2590. The van der Waals surface area contributed by atoms with Crippen LogP contribution in [0.3, 0.4) is 0 Å². The first kappa shape index (κ1) is 52.7. The Morgan fingerprint density at radius 2 is 1.31 bits per heavy atom. The van der Waals surface area contributed by atoms with E-state index < -0.39 is 144 Å². The number of rotatable bonds is 29. The maximum Gasteiger partial charge on any atom is 0.305 e. The van der Waals surface area contributed by atoms with Gasteiger partial charge in [0.25, 0.3) is 0 Å². The van der Waals surface area contributed by atoms with Gasteiger partial charge in [-0.25, -0.2) is 17.5 Å². The summed E-state index contributed by atoms with van der Waals surface area (Å²) in [5, 5.41) is 33.9. The number of benzene rings is 3. The van der Waals surface area contributed by atoms with Crippen molar-refractivity contribution >= 4 is 73.8 Å². The molecule has 0 aliphatic rings. The summed E-state index contributed by atoms with van der Waals surface area (Å²) in [6.07, 6.45) is -3.12. The minimum Gasteiger partial charge on any atom is -0.481 e. The number of hydrogen-bond donors (Lipinski definition) is 7. The van der Waals surface area contributed by atoms with E-state index in [0.29, 0.717) is 11.1 Å². The van der Waals surface area contributed by atoms with Crippen molar-refractivity contribution in [1.29, 1.82) is 0 Å². The molecule has 358 valence electrons. The van der Waals surface area contributed by atoms with Crippen molar-refractivity contribution in [2.75, 3.05) is 6.54 Å². The van der Waals surface area contributed by atoms with Gasteiger partial charge in [0.05, 0.1) is 29.9 Å². The van der Waals surface area contributed by atoms with E-state index in [1.165, 1.54) is 49.4 Å². The van der Waals surface area contributed by atoms with E-state index in [1.54, 1.807) is 37.4 Å². The average molecular weight is 949 g/mol. The number of carbonyl (C=O) groups is 9. The molecule has 0 saturated carbocycles. The van der Waals surface area contributed by atoms with E-state index in [-0.39, 0.29) is 30.6 Å². The number of aromatic amines is 1. The molecule has 0 fully saturated rings. The monoisotopic (exact) mass is 948 g/mol. The lowest BCUT2D eigenvalue weighted by molar-refractivity contribution is -0.140. The molecule has 3 aromatic carbocycles. The summed E-state index contributed by atoms with van der Waals surface area (Å²) in [5.41, 5.74) is 2.36. The minimum absolute atomic E-state index is 0.0774. The fourth-order valence-corrected chi connectivity index (χ4v) is 8.67. The zero-order valence-corrected chi connectivity index (χ0v) is 37.6. The van der Waals surface area contributed by atoms with Gasteiger partial charge in [0.1, 0.15) is 11.6 Å². The molecule has 0 unspecified atom stereocenters. The number of halogens is 1. The number of Topliss-reactive ketones (excluding diaryl/α,β-unsaturated/α-hetero) is 4. The molecule has 18 nitrogen and oxygen atoms in total. The van der Waals surface area contributed by atoms with E-state index in [9.17, 15) is 71.3 Å². The number of sulfonamides is 1. The van der Waals surface area contributed by atoms with Crippen LogP contribution < -0.4 is 15.4 Å². The van der Waals surface area contributed by atoms with Crippen LogP contribution in [0.4, 0.5) is 4.39 Å². The second-order valence-corrected chi connectivity index (χ2v) is 18.1. The highest BCUT2D eigenvalue weighted by molar-refractivity contribution is 7.89. The maximum atomic E-state index is 14.4. The lowest BCUT2D eigenvalue weighted by atomic mass is 9.88. The minimum atomic E-state index is -4.44. The molecule has 0 radical (unpaired) electrons. The highest BCUT2D eigenvalue weighted by Gasteiger charge is 2.34. The summed E-state index contributed by atoms with van der Waals surface area (Å²) in [4.78, 5) is 119. The molecular weight excluding hydrogens is 896 g/mol. The van der Waals surface area contributed by atoms with Crippen molar-refractivity contribution in [3.05, 3.63) is 102 Å². The van der Waals surface area contributed by atoms with E-state index in [0.717, 1.165) is 22.5 Å². The highest BCUT2D eigenvalue weighted by atomic mass is 32.2. The Labute approximate surface area is 385 Å². The second kappa shape index (κ2) is 24.6. The number of carbonyl (C=O) groups excluding carboxylic acids is 6. The van der Waals surface area contributed by atoms with Crippen LogP contribution in [-0.2, 0) is 66.0 Å². The summed E-state index contributed by atoms with van der Waals surface area (Å²) in [7, 11) is -4.44. The number of para-hydroxylation sites is 1. The lowest BCUT2D eigenvalue weighted by Crippen LogP contribution is -2.47. The van der Waals surface area contributed by atoms with E-state index in [1.807, 2.05) is 0 Å². The van der Waals surface area contributed by atoms with Crippen LogP contribution >= 0.6 is 0 Å². The van der Waals surface area contributed by atoms with Crippen molar-refractivity contribution < 1.29 is 71.3 Å². The van der Waals surface area contributed by atoms with Crippen LogP contribution in [0.2, 0.25) is 0 Å². The fourth-order valence-electron chi connectivity index (χ4n) is 7.45. The Hall–Kier alpha value is -6.93. The third kappa shape index (κ3) is 16.8. The lowest BCUT2D eigenvalue weighted by Gasteiger charge is -2.24. The first-order valence-corrected chi connectivity index (χ1v) is 22.8. The molecular formula is C47H53FN4O14S. The predicted octanol–water partition coefficient (Wildman–Crippen LogP) is 3.87. The third-order valence-corrected chi connectivity index (χ3v) is 12.6. The van der Waals surface area contributed by atoms with Gasteiger partial charge in [-0.15, -0.1) is 0 Å². The topological polar surface area (TPSA) is 300 Å². The van der Waals surface area contributed by atoms with Crippen molar-refractivity contribution in [3.8, 4) is 0 Å². The van der Waals surface area contributed by atoms with Crippen molar-refractivity contribution in [3.63, 3.8) is 0 Å². The molecule has 0 aliphatic carbocycles. The van der Waals surface area contributed by atoms with Crippen LogP contribution in [0, 0.1) is 30.5 Å². The standard InChI is InChI=1S/C47H53FN4O14S/c1-27-10-14-36(15-11-27)67(65,66)52-40(24-45(61)62)42(56)23-31(13-17-44(59)60)46(63)50-26-35(54)20-32(18-29-6-5-7-34(48)19-29)47(64)51-39(21-33-25-49-38-9-4-3-8-37(33)38)41(55)22-30(28(2)53)12-16-43(57)58/h3-11,14-15,19,25,30-32,39-40,49,52H,12-13,16-18,20-24,26H2,1-2H3,(H,50,63)(H,51,64)(H,57,58)(H,59,60)(H,61,62)/t30-,31-,32-,39+,40+/m1/s1. The molecule has 0 spiro atoms. The van der Waals surface area contributed by atoms with Crippen LogP contribution in [0.5, 0.6) is 0 Å². The number of carboxylic acid groups (broad SMARTS) is 3. The zero-order chi connectivity index (χ0) is 49.4. The Morgan fingerprint density at radius 1 is 0.687 bits per heavy atom. The first-order chi connectivity index (χ1) is 31.6. The summed E-state index contributed by atoms with van der Waals surface area (Å²) in [5.74, 6) is -13.1. The smallest absolute Gasteiger partial charge is 0.305 e. The fraction of sp³-hybridized carbons (Fsp3) is 0.383. The largest absolute Gasteiger partial charge is 0.481 e. The van der Waals surface area contributed by atoms with Gasteiger partial charge in [0, 0.05) is 73.4 Å². The van der Waals surface area contributed by atoms with Gasteiger partial charge >= 0.3 is 17.9 Å². The van der Waals surface area contributed by atoms with Gasteiger partial charge in [-0.05, 0) is 74.6 Å². The molecule has 0 bridgehead atoms. The van der Waals surface area contributed by atoms with Crippen LogP contribution in [0.1, 0.15) is 75.0 Å². The van der Waals surface area contributed by atoms with E-state index in [4.69, 9.17) is 0 Å². The molecule has 1 aromatic heterocycles. The summed E-state index contributed by atoms with van der Waals surface area (Å²) >= 11 is 0. The van der Waals surface area contributed by atoms with Crippen molar-refractivity contribution in [2.45, 2.75) is 95.0 Å². The van der Waals surface area contributed by atoms with Crippen LogP contribution in [0.25, 0.3) is 10.9 Å². The normalized spacial score (nSPS) is 13.7. The molecule has 1 heterocycles. The molecule has 20 heteroatoms. The summed E-state index contributed by atoms with van der Waals surface area (Å²) in [6.45, 7) is 2.17. The number of aliphatic carboxylic acids is 3. The van der Waals surface area contributed by atoms with E-state index >= 15 is 0 Å². The van der Waals surface area contributed by atoms with Gasteiger partial charge in [0.2, 0.25) is 21.8 Å². The number of fused-ring (bicyclic) bond motifs is 1.